The lowest BCUT2D eigenvalue weighted by Crippen LogP contribution is -2.17. The number of hydrazone groups is 1. The van der Waals surface area contributed by atoms with Crippen LogP contribution in [0.2, 0.25) is 5.02 Å². The van der Waals surface area contributed by atoms with Crippen LogP contribution >= 0.6 is 23.4 Å². The van der Waals surface area contributed by atoms with E-state index in [1.807, 2.05) is 6.07 Å². The van der Waals surface area contributed by atoms with Gasteiger partial charge in [-0.15, -0.1) is 0 Å². The molecule has 0 aliphatic carbocycles. The van der Waals surface area contributed by atoms with Crippen LogP contribution in [0.15, 0.2) is 87.7 Å². The SMILES string of the molecule is O=C(N/N=C\c1ccc(Sc2ccc(Cl)cc2)c([N+](=O)[O-])c1)c1ccccc1. The Hall–Kier alpha value is -3.16. The van der Waals surface area contributed by atoms with Crippen molar-refractivity contribution in [3.8, 4) is 0 Å². The van der Waals surface area contributed by atoms with Crippen molar-refractivity contribution >= 4 is 41.2 Å². The van der Waals surface area contributed by atoms with Gasteiger partial charge in [0.25, 0.3) is 11.6 Å². The molecule has 1 N–H and O–H groups in total. The monoisotopic (exact) mass is 411 g/mol. The zero-order valence-corrected chi connectivity index (χ0v) is 16.0. The molecule has 3 rings (SSSR count). The molecule has 0 aromatic heterocycles. The van der Waals surface area contributed by atoms with Gasteiger partial charge in [0.2, 0.25) is 0 Å². The molecule has 0 saturated heterocycles. The Balaban J connectivity index is 1.74. The quantitative estimate of drug-likeness (QED) is 0.344. The summed E-state index contributed by atoms with van der Waals surface area (Å²) in [5, 5.41) is 15.9. The molecule has 3 aromatic rings. The van der Waals surface area contributed by atoms with Crippen molar-refractivity contribution < 1.29 is 9.72 Å². The average Bonchev–Trinajstić information content (AvgIpc) is 2.71. The molecule has 0 spiro atoms. The number of hydrogen-bond donors (Lipinski definition) is 1. The van der Waals surface area contributed by atoms with Crippen LogP contribution in [-0.4, -0.2) is 17.0 Å². The zero-order chi connectivity index (χ0) is 19.9. The maximum absolute atomic E-state index is 11.9. The lowest BCUT2D eigenvalue weighted by atomic mass is 10.2. The number of rotatable bonds is 6. The maximum Gasteiger partial charge on any atom is 0.283 e. The van der Waals surface area contributed by atoms with E-state index in [0.29, 0.717) is 21.0 Å². The van der Waals surface area contributed by atoms with Gasteiger partial charge in [-0.05, 0) is 42.5 Å². The predicted molar refractivity (Wildman–Crippen MR) is 110 cm³/mol. The Morgan fingerprint density at radius 3 is 2.46 bits per heavy atom. The van der Waals surface area contributed by atoms with Crippen LogP contribution in [0, 0.1) is 10.1 Å². The Kier molecular flexibility index (Phi) is 6.41. The van der Waals surface area contributed by atoms with Gasteiger partial charge in [0, 0.05) is 27.1 Å². The highest BCUT2D eigenvalue weighted by Gasteiger charge is 2.15. The molecule has 1 amide bonds. The number of halogens is 1. The maximum atomic E-state index is 11.9. The molecule has 0 radical (unpaired) electrons. The van der Waals surface area contributed by atoms with Crippen molar-refractivity contribution in [2.75, 3.05) is 0 Å². The number of nitrogens with zero attached hydrogens (tertiary/aromatic N) is 2. The predicted octanol–water partition coefficient (Wildman–Crippen LogP) is 5.16. The molecule has 0 atom stereocenters. The molecule has 0 aliphatic rings. The van der Waals surface area contributed by atoms with Gasteiger partial charge in [-0.1, -0.05) is 47.6 Å². The summed E-state index contributed by atoms with van der Waals surface area (Å²) in [5.41, 5.74) is 3.33. The Morgan fingerprint density at radius 1 is 1.07 bits per heavy atom. The van der Waals surface area contributed by atoms with Crippen molar-refractivity contribution in [2.24, 2.45) is 5.10 Å². The van der Waals surface area contributed by atoms with Crippen LogP contribution in [0.1, 0.15) is 15.9 Å². The number of carbonyl (C=O) groups excluding carboxylic acids is 1. The van der Waals surface area contributed by atoms with E-state index in [9.17, 15) is 14.9 Å². The molecular weight excluding hydrogens is 398 g/mol. The number of nitro groups is 1. The van der Waals surface area contributed by atoms with Gasteiger partial charge >= 0.3 is 0 Å². The number of amides is 1. The summed E-state index contributed by atoms with van der Waals surface area (Å²) in [6, 6.07) is 20.4. The third kappa shape index (κ3) is 5.18. The van der Waals surface area contributed by atoms with Crippen molar-refractivity contribution in [1.82, 2.24) is 5.43 Å². The third-order valence-corrected chi connectivity index (χ3v) is 4.96. The second kappa shape index (κ2) is 9.16. The standard InChI is InChI=1S/C20H14ClN3O3S/c21-16-7-9-17(10-8-16)28-19-11-6-14(12-18(19)24(26)27)13-22-23-20(25)15-4-2-1-3-5-15/h1-13H,(H,23,25)/b22-13-. The van der Waals surface area contributed by atoms with Gasteiger partial charge in [0.05, 0.1) is 16.0 Å². The fourth-order valence-corrected chi connectivity index (χ4v) is 3.32. The summed E-state index contributed by atoms with van der Waals surface area (Å²) in [6.07, 6.45) is 1.37. The molecule has 6 nitrogen and oxygen atoms in total. The fourth-order valence-electron chi connectivity index (χ4n) is 2.29. The van der Waals surface area contributed by atoms with E-state index < -0.39 is 4.92 Å². The Labute approximate surface area is 170 Å². The summed E-state index contributed by atoms with van der Waals surface area (Å²) in [5.74, 6) is -0.360. The topological polar surface area (TPSA) is 84.6 Å². The molecule has 0 unspecified atom stereocenters. The highest BCUT2D eigenvalue weighted by Crippen LogP contribution is 2.35. The number of hydrogen-bond acceptors (Lipinski definition) is 5. The largest absolute Gasteiger partial charge is 0.283 e. The first kappa shape index (κ1) is 19.6. The molecule has 8 heteroatoms. The van der Waals surface area contributed by atoms with E-state index in [0.717, 1.165) is 4.90 Å². The average molecular weight is 412 g/mol. The highest BCUT2D eigenvalue weighted by atomic mass is 35.5. The minimum atomic E-state index is -0.446. The molecule has 140 valence electrons. The molecule has 0 heterocycles. The van der Waals surface area contributed by atoms with Crippen molar-refractivity contribution in [1.29, 1.82) is 0 Å². The first-order valence-electron chi connectivity index (χ1n) is 8.13. The normalized spacial score (nSPS) is 10.8. The van der Waals surface area contributed by atoms with Gasteiger partial charge in [-0.25, -0.2) is 5.43 Å². The third-order valence-electron chi connectivity index (χ3n) is 3.64. The second-order valence-electron chi connectivity index (χ2n) is 5.61. The van der Waals surface area contributed by atoms with Crippen molar-refractivity contribution in [2.45, 2.75) is 9.79 Å². The van der Waals surface area contributed by atoms with Crippen molar-refractivity contribution in [3.05, 3.63) is 99.1 Å². The molecule has 0 saturated carbocycles. The van der Waals surface area contributed by atoms with E-state index >= 15 is 0 Å². The van der Waals surface area contributed by atoms with Crippen LogP contribution in [-0.2, 0) is 0 Å². The van der Waals surface area contributed by atoms with Crippen LogP contribution in [0.5, 0.6) is 0 Å². The van der Waals surface area contributed by atoms with E-state index in [-0.39, 0.29) is 11.6 Å². The highest BCUT2D eigenvalue weighted by molar-refractivity contribution is 7.99. The summed E-state index contributed by atoms with van der Waals surface area (Å²) < 4.78 is 0. The minimum absolute atomic E-state index is 0.0433. The van der Waals surface area contributed by atoms with Gasteiger partial charge in [-0.2, -0.15) is 5.10 Å². The van der Waals surface area contributed by atoms with E-state index in [1.165, 1.54) is 24.0 Å². The number of carbonyl (C=O) groups is 1. The van der Waals surface area contributed by atoms with E-state index in [4.69, 9.17) is 11.6 Å². The van der Waals surface area contributed by atoms with Gasteiger partial charge in [-0.3, -0.25) is 14.9 Å². The lowest BCUT2D eigenvalue weighted by molar-refractivity contribution is -0.387. The van der Waals surface area contributed by atoms with Gasteiger partial charge in [0.15, 0.2) is 0 Å². The van der Waals surface area contributed by atoms with Gasteiger partial charge in [0.1, 0.15) is 0 Å². The first-order valence-corrected chi connectivity index (χ1v) is 9.33. The van der Waals surface area contributed by atoms with Crippen molar-refractivity contribution in [3.63, 3.8) is 0 Å². The molecule has 3 aromatic carbocycles. The minimum Gasteiger partial charge on any atom is -0.267 e. The number of nitro benzene ring substituents is 1. The Morgan fingerprint density at radius 2 is 1.79 bits per heavy atom. The fraction of sp³-hybridized carbons (Fsp3) is 0. The number of benzene rings is 3. The molecule has 28 heavy (non-hydrogen) atoms. The van der Waals surface area contributed by atoms with Crippen LogP contribution in [0.25, 0.3) is 0 Å². The first-order chi connectivity index (χ1) is 13.5. The van der Waals surface area contributed by atoms with Crippen LogP contribution < -0.4 is 5.43 Å². The lowest BCUT2D eigenvalue weighted by Gasteiger charge is -2.04. The number of nitrogens with one attached hydrogen (secondary N) is 1. The summed E-state index contributed by atoms with van der Waals surface area (Å²) in [4.78, 5) is 24.3. The summed E-state index contributed by atoms with van der Waals surface area (Å²) in [6.45, 7) is 0. The van der Waals surface area contributed by atoms with Gasteiger partial charge < -0.3 is 0 Å². The molecule has 0 fully saturated rings. The summed E-state index contributed by atoms with van der Waals surface area (Å²) in [7, 11) is 0. The Bertz CT molecular complexity index is 1020. The molecule has 0 bridgehead atoms. The zero-order valence-electron chi connectivity index (χ0n) is 14.4. The smallest absolute Gasteiger partial charge is 0.267 e. The van der Waals surface area contributed by atoms with Crippen LogP contribution in [0.3, 0.4) is 0 Å². The van der Waals surface area contributed by atoms with E-state index in [1.54, 1.807) is 60.7 Å². The van der Waals surface area contributed by atoms with E-state index in [2.05, 4.69) is 10.5 Å². The molecule has 0 aliphatic heterocycles. The summed E-state index contributed by atoms with van der Waals surface area (Å²) >= 11 is 7.14. The van der Waals surface area contributed by atoms with Crippen LogP contribution in [0.4, 0.5) is 5.69 Å². The molecular formula is C20H14ClN3O3S. The second-order valence-corrected chi connectivity index (χ2v) is 7.16.